The molecule has 6 nitrogen and oxygen atoms in total. The zero-order chi connectivity index (χ0) is 17.3. The number of aliphatic imine (C=N–C) groups is 1. The average Bonchev–Trinajstić information content (AvgIpc) is 3.31. The molecular weight excluding hydrogens is 314 g/mol. The third kappa shape index (κ3) is 5.60. The number of para-hydroxylation sites is 1. The third-order valence-electron chi connectivity index (χ3n) is 4.25. The second kappa shape index (κ2) is 9.22. The van der Waals surface area contributed by atoms with Crippen LogP contribution in [0.5, 0.6) is 0 Å². The summed E-state index contributed by atoms with van der Waals surface area (Å²) in [5.74, 6) is 1.64. The van der Waals surface area contributed by atoms with Crippen molar-refractivity contribution in [3.05, 3.63) is 48.5 Å². The predicted octanol–water partition coefficient (Wildman–Crippen LogP) is 2.35. The van der Waals surface area contributed by atoms with Gasteiger partial charge in [-0.3, -0.25) is 4.99 Å². The fourth-order valence-electron chi connectivity index (χ4n) is 2.63. The number of imidazole rings is 1. The first-order valence-corrected chi connectivity index (χ1v) is 8.95. The molecule has 25 heavy (non-hydrogen) atoms. The summed E-state index contributed by atoms with van der Waals surface area (Å²) in [6.45, 7) is 3.29. The van der Waals surface area contributed by atoms with Crippen LogP contribution in [-0.4, -0.2) is 42.3 Å². The first-order valence-electron chi connectivity index (χ1n) is 8.95. The second-order valence-corrected chi connectivity index (χ2v) is 6.32. The largest absolute Gasteiger partial charge is 0.381 e. The molecule has 0 aliphatic heterocycles. The Balaban J connectivity index is 1.42. The van der Waals surface area contributed by atoms with Gasteiger partial charge in [0.05, 0.1) is 12.0 Å². The van der Waals surface area contributed by atoms with Crippen molar-refractivity contribution < 1.29 is 4.74 Å². The number of benzene rings is 1. The van der Waals surface area contributed by atoms with Gasteiger partial charge in [-0.25, -0.2) is 4.98 Å². The Hall–Kier alpha value is -2.34. The first kappa shape index (κ1) is 17.5. The Labute approximate surface area is 149 Å². The van der Waals surface area contributed by atoms with E-state index in [0.717, 1.165) is 43.7 Å². The van der Waals surface area contributed by atoms with Gasteiger partial charge in [-0.05, 0) is 36.8 Å². The summed E-state index contributed by atoms with van der Waals surface area (Å²) < 4.78 is 7.67. The number of aromatic nitrogens is 2. The molecule has 0 saturated heterocycles. The van der Waals surface area contributed by atoms with E-state index in [-0.39, 0.29) is 0 Å². The van der Waals surface area contributed by atoms with Gasteiger partial charge in [-0.1, -0.05) is 18.2 Å². The first-order chi connectivity index (χ1) is 12.4. The molecule has 1 fully saturated rings. The lowest BCUT2D eigenvalue weighted by molar-refractivity contribution is 0.123. The van der Waals surface area contributed by atoms with E-state index in [0.29, 0.717) is 6.54 Å². The Kier molecular flexibility index (Phi) is 6.45. The van der Waals surface area contributed by atoms with Gasteiger partial charge in [0, 0.05) is 45.7 Å². The maximum absolute atomic E-state index is 5.65. The van der Waals surface area contributed by atoms with Crippen LogP contribution in [0.15, 0.2) is 48.0 Å². The van der Waals surface area contributed by atoms with Gasteiger partial charge in [-0.15, -0.1) is 0 Å². The summed E-state index contributed by atoms with van der Waals surface area (Å²) in [7, 11) is 1.79. The van der Waals surface area contributed by atoms with Crippen LogP contribution in [0.3, 0.4) is 0 Å². The molecule has 0 bridgehead atoms. The highest BCUT2D eigenvalue weighted by molar-refractivity contribution is 5.79. The van der Waals surface area contributed by atoms with E-state index < -0.39 is 0 Å². The van der Waals surface area contributed by atoms with Crippen LogP contribution in [0.25, 0.3) is 5.69 Å². The molecule has 0 radical (unpaired) electrons. The monoisotopic (exact) mass is 341 g/mol. The number of rotatable bonds is 9. The maximum Gasteiger partial charge on any atom is 0.191 e. The zero-order valence-electron chi connectivity index (χ0n) is 14.8. The Morgan fingerprint density at radius 2 is 2.20 bits per heavy atom. The van der Waals surface area contributed by atoms with Gasteiger partial charge in [-0.2, -0.15) is 0 Å². The number of guanidine groups is 1. The molecule has 1 aromatic heterocycles. The minimum absolute atomic E-state index is 0.701. The standard InChI is InChI=1S/C19H27N5O/c1-20-19(22-9-4-12-25-14-16-7-8-16)23-13-17-5-2-3-6-18(17)24-11-10-21-15-24/h2-3,5-6,10-11,15-16H,4,7-9,12-14H2,1H3,(H2,20,22,23). The lowest BCUT2D eigenvalue weighted by Gasteiger charge is -2.14. The topological polar surface area (TPSA) is 63.5 Å². The average molecular weight is 341 g/mol. The SMILES string of the molecule is CN=C(NCCCOCC1CC1)NCc1ccccc1-n1ccnc1. The van der Waals surface area contributed by atoms with Crippen molar-refractivity contribution in [1.82, 2.24) is 20.2 Å². The van der Waals surface area contributed by atoms with Crippen LogP contribution < -0.4 is 10.6 Å². The Morgan fingerprint density at radius 3 is 2.96 bits per heavy atom. The van der Waals surface area contributed by atoms with E-state index in [4.69, 9.17) is 4.74 Å². The third-order valence-corrected chi connectivity index (χ3v) is 4.25. The highest BCUT2D eigenvalue weighted by atomic mass is 16.5. The van der Waals surface area contributed by atoms with Crippen molar-refractivity contribution >= 4 is 5.96 Å². The van der Waals surface area contributed by atoms with Gasteiger partial charge >= 0.3 is 0 Å². The fourth-order valence-corrected chi connectivity index (χ4v) is 2.63. The molecule has 0 amide bonds. The van der Waals surface area contributed by atoms with Crippen molar-refractivity contribution in [1.29, 1.82) is 0 Å². The molecular formula is C19H27N5O. The van der Waals surface area contributed by atoms with E-state index in [1.54, 1.807) is 13.2 Å². The molecule has 1 aromatic carbocycles. The van der Waals surface area contributed by atoms with Gasteiger partial charge in [0.1, 0.15) is 0 Å². The lowest BCUT2D eigenvalue weighted by Crippen LogP contribution is -2.37. The smallest absolute Gasteiger partial charge is 0.191 e. The van der Waals surface area contributed by atoms with Gasteiger partial charge in [0.25, 0.3) is 0 Å². The lowest BCUT2D eigenvalue weighted by atomic mass is 10.1. The number of nitrogens with zero attached hydrogens (tertiary/aromatic N) is 3. The van der Waals surface area contributed by atoms with Crippen LogP contribution in [0.4, 0.5) is 0 Å². The predicted molar refractivity (Wildman–Crippen MR) is 99.9 cm³/mol. The molecule has 0 unspecified atom stereocenters. The molecule has 0 spiro atoms. The molecule has 3 rings (SSSR count). The molecule has 1 saturated carbocycles. The number of hydrogen-bond donors (Lipinski definition) is 2. The van der Waals surface area contributed by atoms with E-state index in [1.165, 1.54) is 18.4 Å². The molecule has 2 aromatic rings. The summed E-state index contributed by atoms with van der Waals surface area (Å²) in [5, 5.41) is 6.71. The van der Waals surface area contributed by atoms with Crippen molar-refractivity contribution in [2.75, 3.05) is 26.8 Å². The molecule has 1 heterocycles. The number of hydrogen-bond acceptors (Lipinski definition) is 3. The van der Waals surface area contributed by atoms with Crippen LogP contribution in [-0.2, 0) is 11.3 Å². The van der Waals surface area contributed by atoms with Crippen LogP contribution in [0, 0.1) is 5.92 Å². The van der Waals surface area contributed by atoms with Gasteiger partial charge in [0.15, 0.2) is 5.96 Å². The minimum atomic E-state index is 0.701. The number of ether oxygens (including phenoxy) is 1. The van der Waals surface area contributed by atoms with Gasteiger partial charge < -0.3 is 19.9 Å². The Bertz CT molecular complexity index is 664. The summed E-state index contributed by atoms with van der Waals surface area (Å²) >= 11 is 0. The summed E-state index contributed by atoms with van der Waals surface area (Å²) in [6.07, 6.45) is 9.22. The molecule has 0 atom stereocenters. The van der Waals surface area contributed by atoms with Crippen LogP contribution in [0.1, 0.15) is 24.8 Å². The van der Waals surface area contributed by atoms with Crippen molar-refractivity contribution in [2.45, 2.75) is 25.8 Å². The van der Waals surface area contributed by atoms with E-state index in [9.17, 15) is 0 Å². The highest BCUT2D eigenvalue weighted by Crippen LogP contribution is 2.28. The normalized spacial score (nSPS) is 14.5. The van der Waals surface area contributed by atoms with Gasteiger partial charge in [0.2, 0.25) is 0 Å². The minimum Gasteiger partial charge on any atom is -0.381 e. The highest BCUT2D eigenvalue weighted by Gasteiger charge is 2.20. The van der Waals surface area contributed by atoms with Crippen molar-refractivity contribution in [2.24, 2.45) is 10.9 Å². The molecule has 1 aliphatic rings. The Morgan fingerprint density at radius 1 is 1.32 bits per heavy atom. The van der Waals surface area contributed by atoms with Crippen LogP contribution >= 0.6 is 0 Å². The number of nitrogens with one attached hydrogen (secondary N) is 2. The summed E-state index contributed by atoms with van der Waals surface area (Å²) in [4.78, 5) is 8.41. The maximum atomic E-state index is 5.65. The van der Waals surface area contributed by atoms with Crippen molar-refractivity contribution in [3.63, 3.8) is 0 Å². The quantitative estimate of drug-likeness (QED) is 0.417. The molecule has 1 aliphatic carbocycles. The molecule has 2 N–H and O–H groups in total. The zero-order valence-corrected chi connectivity index (χ0v) is 14.8. The fraction of sp³-hybridized carbons (Fsp3) is 0.474. The second-order valence-electron chi connectivity index (χ2n) is 6.32. The van der Waals surface area contributed by atoms with E-state index >= 15 is 0 Å². The van der Waals surface area contributed by atoms with Crippen LogP contribution in [0.2, 0.25) is 0 Å². The summed E-state index contributed by atoms with van der Waals surface area (Å²) in [6, 6.07) is 8.28. The van der Waals surface area contributed by atoms with E-state index in [1.807, 2.05) is 29.2 Å². The molecule has 6 heteroatoms. The van der Waals surface area contributed by atoms with E-state index in [2.05, 4.69) is 32.7 Å². The molecule has 134 valence electrons. The van der Waals surface area contributed by atoms with Crippen molar-refractivity contribution in [3.8, 4) is 5.69 Å². The summed E-state index contributed by atoms with van der Waals surface area (Å²) in [5.41, 5.74) is 2.31.